The van der Waals surface area contributed by atoms with Crippen molar-refractivity contribution in [1.82, 2.24) is 9.03 Å². The average molecular weight is 441 g/mol. The summed E-state index contributed by atoms with van der Waals surface area (Å²) in [5.74, 6) is -0.501. The lowest BCUT2D eigenvalue weighted by Gasteiger charge is -2.20. The minimum absolute atomic E-state index is 0.00205. The van der Waals surface area contributed by atoms with Gasteiger partial charge in [-0.15, -0.1) is 0 Å². The molecule has 0 radical (unpaired) electrons. The van der Waals surface area contributed by atoms with Gasteiger partial charge in [0.1, 0.15) is 5.82 Å². The molecule has 3 rings (SSSR count). The van der Waals surface area contributed by atoms with E-state index in [1.807, 2.05) is 0 Å². The average Bonchev–Trinajstić information content (AvgIpc) is 2.99. The number of halogens is 1. The summed E-state index contributed by atoms with van der Waals surface area (Å²) in [5.41, 5.74) is 0.821. The Morgan fingerprint density at radius 1 is 0.793 bits per heavy atom. The lowest BCUT2D eigenvalue weighted by Crippen LogP contribution is -2.31. The van der Waals surface area contributed by atoms with Crippen LogP contribution >= 0.6 is 0 Å². The minimum Gasteiger partial charge on any atom is -0.211 e. The highest BCUT2D eigenvalue weighted by atomic mass is 32.2. The number of benzene rings is 2. The molecule has 0 aromatic heterocycles. The number of nitrogens with one attached hydrogen (secondary N) is 1. The highest BCUT2D eigenvalue weighted by Crippen LogP contribution is 2.21. The van der Waals surface area contributed by atoms with Gasteiger partial charge in [-0.1, -0.05) is 25.0 Å². The molecule has 2 aromatic carbocycles. The molecule has 9 heteroatoms. The van der Waals surface area contributed by atoms with Gasteiger partial charge in [0.25, 0.3) is 0 Å². The number of hydrogen-bond acceptors (Lipinski definition) is 4. The summed E-state index contributed by atoms with van der Waals surface area (Å²) in [7, 11) is -7.21. The van der Waals surface area contributed by atoms with Crippen LogP contribution in [0, 0.1) is 5.82 Å². The molecule has 1 aliphatic rings. The van der Waals surface area contributed by atoms with Crippen LogP contribution in [0.15, 0.2) is 58.3 Å². The fourth-order valence-corrected chi connectivity index (χ4v) is 5.83. The van der Waals surface area contributed by atoms with Crippen LogP contribution in [0.5, 0.6) is 0 Å². The summed E-state index contributed by atoms with van der Waals surface area (Å²) in [6.45, 7) is 1.25. The number of sulfonamides is 2. The maximum atomic E-state index is 12.9. The maximum Gasteiger partial charge on any atom is 0.243 e. The Bertz CT molecular complexity index is 1010. The van der Waals surface area contributed by atoms with Crippen LogP contribution in [0.2, 0.25) is 0 Å². The Hall–Kier alpha value is -1.81. The first kappa shape index (κ1) is 21.9. The van der Waals surface area contributed by atoms with Crippen molar-refractivity contribution in [2.75, 3.05) is 19.6 Å². The van der Waals surface area contributed by atoms with Crippen LogP contribution in [0.1, 0.15) is 31.2 Å². The van der Waals surface area contributed by atoms with E-state index < -0.39 is 25.9 Å². The van der Waals surface area contributed by atoms with E-state index in [9.17, 15) is 21.2 Å². The third-order valence-electron chi connectivity index (χ3n) is 4.96. The zero-order valence-corrected chi connectivity index (χ0v) is 17.7. The first-order valence-electron chi connectivity index (χ1n) is 9.63. The Morgan fingerprint density at radius 2 is 1.34 bits per heavy atom. The second kappa shape index (κ2) is 9.34. The van der Waals surface area contributed by atoms with Crippen molar-refractivity contribution < 1.29 is 21.2 Å². The smallest absolute Gasteiger partial charge is 0.211 e. The summed E-state index contributed by atoms with van der Waals surface area (Å²) >= 11 is 0. The molecule has 0 bridgehead atoms. The van der Waals surface area contributed by atoms with E-state index in [4.69, 9.17) is 0 Å². The van der Waals surface area contributed by atoms with Gasteiger partial charge in [0, 0.05) is 19.6 Å². The molecule has 0 atom stereocenters. The van der Waals surface area contributed by atoms with E-state index >= 15 is 0 Å². The quantitative estimate of drug-likeness (QED) is 0.718. The molecule has 0 aliphatic carbocycles. The van der Waals surface area contributed by atoms with Crippen molar-refractivity contribution in [3.63, 3.8) is 0 Å². The van der Waals surface area contributed by atoms with Gasteiger partial charge in [-0.2, -0.15) is 4.31 Å². The highest BCUT2D eigenvalue weighted by Gasteiger charge is 2.24. The van der Waals surface area contributed by atoms with E-state index in [0.717, 1.165) is 43.4 Å². The van der Waals surface area contributed by atoms with Crippen molar-refractivity contribution in [3.05, 3.63) is 59.9 Å². The summed E-state index contributed by atoms with van der Waals surface area (Å²) in [5, 5.41) is 0. The topological polar surface area (TPSA) is 83.5 Å². The van der Waals surface area contributed by atoms with Crippen LogP contribution in [-0.4, -0.2) is 40.8 Å². The Labute approximate surface area is 171 Å². The maximum absolute atomic E-state index is 12.9. The Morgan fingerprint density at radius 3 is 1.93 bits per heavy atom. The second-order valence-electron chi connectivity index (χ2n) is 7.06. The molecule has 0 amide bonds. The van der Waals surface area contributed by atoms with Crippen LogP contribution < -0.4 is 4.72 Å². The van der Waals surface area contributed by atoms with Gasteiger partial charge in [0.15, 0.2) is 0 Å². The van der Waals surface area contributed by atoms with Crippen LogP contribution in [0.25, 0.3) is 0 Å². The number of rotatable bonds is 7. The standard InChI is InChI=1S/C20H25FN2O4S2/c21-18-7-11-19(12-8-18)28(24,25)22-14-13-17-5-9-20(10-6-17)29(26,27)23-15-3-1-2-4-16-23/h5-12,22H,1-4,13-16H2. The summed E-state index contributed by atoms with van der Waals surface area (Å²) < 4.78 is 66.9. The van der Waals surface area contributed by atoms with Gasteiger partial charge in [-0.25, -0.2) is 25.9 Å². The lowest BCUT2D eigenvalue weighted by atomic mass is 10.2. The van der Waals surface area contributed by atoms with Crippen molar-refractivity contribution >= 4 is 20.0 Å². The van der Waals surface area contributed by atoms with E-state index in [1.54, 1.807) is 28.6 Å². The molecule has 158 valence electrons. The van der Waals surface area contributed by atoms with E-state index in [-0.39, 0.29) is 16.3 Å². The molecule has 1 heterocycles. The summed E-state index contributed by atoms with van der Waals surface area (Å²) in [6, 6.07) is 11.2. The molecule has 2 aromatic rings. The predicted octanol–water partition coefficient (Wildman–Crippen LogP) is 2.91. The van der Waals surface area contributed by atoms with E-state index in [1.165, 1.54) is 12.1 Å². The fourth-order valence-electron chi connectivity index (χ4n) is 3.29. The van der Waals surface area contributed by atoms with Crippen molar-refractivity contribution in [1.29, 1.82) is 0 Å². The molecule has 0 saturated carbocycles. The van der Waals surface area contributed by atoms with Crippen LogP contribution in [0.3, 0.4) is 0 Å². The molecule has 1 fully saturated rings. The molecule has 6 nitrogen and oxygen atoms in total. The lowest BCUT2D eigenvalue weighted by molar-refractivity contribution is 0.423. The monoisotopic (exact) mass is 440 g/mol. The van der Waals surface area contributed by atoms with Gasteiger partial charge < -0.3 is 0 Å². The third kappa shape index (κ3) is 5.63. The molecule has 1 aliphatic heterocycles. The van der Waals surface area contributed by atoms with Crippen LogP contribution in [0.4, 0.5) is 4.39 Å². The summed E-state index contributed by atoms with van der Waals surface area (Å²) in [6.07, 6.45) is 4.28. The predicted molar refractivity (Wildman–Crippen MR) is 109 cm³/mol. The molecule has 0 spiro atoms. The van der Waals surface area contributed by atoms with E-state index in [0.29, 0.717) is 19.5 Å². The van der Waals surface area contributed by atoms with Crippen molar-refractivity contribution in [3.8, 4) is 0 Å². The zero-order valence-electron chi connectivity index (χ0n) is 16.1. The normalized spacial score (nSPS) is 16.4. The molecule has 1 N–H and O–H groups in total. The molecule has 29 heavy (non-hydrogen) atoms. The molecule has 0 unspecified atom stereocenters. The summed E-state index contributed by atoms with van der Waals surface area (Å²) in [4.78, 5) is 0.257. The first-order chi connectivity index (χ1) is 13.8. The minimum atomic E-state index is -3.72. The Kier molecular flexibility index (Phi) is 7.05. The van der Waals surface area contributed by atoms with Gasteiger partial charge in [0.05, 0.1) is 9.79 Å². The fraction of sp³-hybridized carbons (Fsp3) is 0.400. The van der Waals surface area contributed by atoms with Crippen LogP contribution in [-0.2, 0) is 26.5 Å². The molecule has 1 saturated heterocycles. The largest absolute Gasteiger partial charge is 0.243 e. The number of hydrogen-bond donors (Lipinski definition) is 1. The van der Waals surface area contributed by atoms with Gasteiger partial charge in [0.2, 0.25) is 20.0 Å². The first-order valence-corrected chi connectivity index (χ1v) is 12.6. The SMILES string of the molecule is O=S(=O)(NCCc1ccc(S(=O)(=O)N2CCCCCC2)cc1)c1ccc(F)cc1. The van der Waals surface area contributed by atoms with E-state index in [2.05, 4.69) is 4.72 Å². The molecular formula is C20H25FN2O4S2. The molecular weight excluding hydrogens is 415 g/mol. The highest BCUT2D eigenvalue weighted by molar-refractivity contribution is 7.89. The Balaban J connectivity index is 1.60. The van der Waals surface area contributed by atoms with Gasteiger partial charge in [-0.05, 0) is 61.2 Å². The number of nitrogens with zero attached hydrogens (tertiary/aromatic N) is 1. The van der Waals surface area contributed by atoms with Gasteiger partial charge in [-0.3, -0.25) is 0 Å². The van der Waals surface area contributed by atoms with Crippen molar-refractivity contribution in [2.45, 2.75) is 41.9 Å². The van der Waals surface area contributed by atoms with Gasteiger partial charge >= 0.3 is 0 Å². The zero-order chi connectivity index (χ0) is 20.9. The third-order valence-corrected chi connectivity index (χ3v) is 8.35. The second-order valence-corrected chi connectivity index (χ2v) is 10.8. The van der Waals surface area contributed by atoms with Crippen molar-refractivity contribution in [2.24, 2.45) is 0 Å².